The van der Waals surface area contributed by atoms with E-state index in [2.05, 4.69) is 57.5 Å². The molecule has 210 valence electrons. The second-order valence-corrected chi connectivity index (χ2v) is 10.9. The van der Waals surface area contributed by atoms with Gasteiger partial charge < -0.3 is 4.98 Å². The standard InChI is InChI=1S/C38H23N7/c1-3-10-25-24(9-1)22-40-45-37(25)36-26(29-18-15-23-8-2-4-11-28(23)41-29)16-17-27(38-43-32-12-5-6-13-33(32)44-38)35(36)34-20-19-30-31(42-34)14-7-21-39-30/h1-22H,(H,43,44). The van der Waals surface area contributed by atoms with Crippen LogP contribution >= 0.6 is 0 Å². The third-order valence-corrected chi connectivity index (χ3v) is 8.24. The Balaban J connectivity index is 1.44. The van der Waals surface area contributed by atoms with E-state index >= 15 is 0 Å². The van der Waals surface area contributed by atoms with E-state index in [4.69, 9.17) is 20.1 Å². The summed E-state index contributed by atoms with van der Waals surface area (Å²) in [6, 6.07) is 40.8. The van der Waals surface area contributed by atoms with Crippen molar-refractivity contribution >= 4 is 43.7 Å². The lowest BCUT2D eigenvalue weighted by Crippen LogP contribution is -2.00. The van der Waals surface area contributed by atoms with Crippen LogP contribution < -0.4 is 0 Å². The molecule has 45 heavy (non-hydrogen) atoms. The molecular formula is C38H23N7. The van der Waals surface area contributed by atoms with E-state index in [0.717, 1.165) is 88.9 Å². The van der Waals surface area contributed by atoms with Crippen LogP contribution in [0.3, 0.4) is 0 Å². The predicted molar refractivity (Wildman–Crippen MR) is 179 cm³/mol. The number of benzene rings is 4. The third-order valence-electron chi connectivity index (χ3n) is 8.24. The molecule has 7 heteroatoms. The number of nitrogens with zero attached hydrogens (tertiary/aromatic N) is 6. The molecular weight excluding hydrogens is 554 g/mol. The molecule has 1 N–H and O–H groups in total. The maximum Gasteiger partial charge on any atom is 0.139 e. The SMILES string of the molecule is c1ccc2nc(-c3ccc(-c4nc5ccccc5[nH]4)c(-c4ccc5ncccc5n4)c3-c3nncc4ccccc34)ccc2c1. The zero-order chi connectivity index (χ0) is 29.7. The van der Waals surface area contributed by atoms with Crippen LogP contribution in [-0.2, 0) is 0 Å². The summed E-state index contributed by atoms with van der Waals surface area (Å²) in [4.78, 5) is 23.4. The lowest BCUT2D eigenvalue weighted by atomic mass is 9.87. The maximum atomic E-state index is 5.16. The second-order valence-electron chi connectivity index (χ2n) is 10.9. The highest BCUT2D eigenvalue weighted by atomic mass is 15.1. The van der Waals surface area contributed by atoms with Crippen molar-refractivity contribution in [3.63, 3.8) is 0 Å². The third kappa shape index (κ3) is 4.21. The summed E-state index contributed by atoms with van der Waals surface area (Å²) in [6.45, 7) is 0. The number of aromatic nitrogens is 7. The lowest BCUT2D eigenvalue weighted by molar-refractivity contribution is 1.06. The molecule has 0 radical (unpaired) electrons. The van der Waals surface area contributed by atoms with Crippen molar-refractivity contribution in [2.75, 3.05) is 0 Å². The zero-order valence-corrected chi connectivity index (χ0v) is 23.9. The van der Waals surface area contributed by atoms with Crippen LogP contribution in [0.5, 0.6) is 0 Å². The van der Waals surface area contributed by atoms with Crippen LogP contribution in [0.25, 0.3) is 88.9 Å². The molecule has 0 amide bonds. The van der Waals surface area contributed by atoms with Crippen LogP contribution in [0, 0.1) is 0 Å². The number of aromatic amines is 1. The topological polar surface area (TPSA) is 93.1 Å². The van der Waals surface area contributed by atoms with Gasteiger partial charge in [-0.05, 0) is 54.6 Å². The molecule has 9 rings (SSSR count). The van der Waals surface area contributed by atoms with Crippen molar-refractivity contribution in [1.82, 2.24) is 35.1 Å². The van der Waals surface area contributed by atoms with Gasteiger partial charge in [0.2, 0.25) is 0 Å². The molecule has 5 aromatic heterocycles. The van der Waals surface area contributed by atoms with Crippen LogP contribution in [0.15, 0.2) is 134 Å². The lowest BCUT2D eigenvalue weighted by Gasteiger charge is -2.19. The van der Waals surface area contributed by atoms with Gasteiger partial charge in [0, 0.05) is 44.6 Å². The fraction of sp³-hybridized carbons (Fsp3) is 0. The van der Waals surface area contributed by atoms with Crippen LogP contribution in [0.1, 0.15) is 0 Å². The Morgan fingerprint density at radius 3 is 2.18 bits per heavy atom. The van der Waals surface area contributed by atoms with Crippen molar-refractivity contribution in [3.05, 3.63) is 134 Å². The minimum atomic E-state index is 0.742. The van der Waals surface area contributed by atoms with Crippen molar-refractivity contribution in [2.24, 2.45) is 0 Å². The Bertz CT molecular complexity index is 2530. The summed E-state index contributed by atoms with van der Waals surface area (Å²) in [5.41, 5.74) is 10.3. The highest BCUT2D eigenvalue weighted by molar-refractivity contribution is 6.06. The number of imidazole rings is 1. The number of rotatable bonds is 4. The molecule has 0 aliphatic heterocycles. The van der Waals surface area contributed by atoms with Gasteiger partial charge in [0.05, 0.1) is 45.2 Å². The van der Waals surface area contributed by atoms with E-state index < -0.39 is 0 Å². The number of H-pyrrole nitrogens is 1. The largest absolute Gasteiger partial charge is 0.338 e. The number of pyridine rings is 3. The summed E-state index contributed by atoms with van der Waals surface area (Å²) in [7, 11) is 0. The number of hydrogen-bond acceptors (Lipinski definition) is 6. The predicted octanol–water partition coefficient (Wildman–Crippen LogP) is 8.67. The first-order chi connectivity index (χ1) is 22.3. The first kappa shape index (κ1) is 25.2. The summed E-state index contributed by atoms with van der Waals surface area (Å²) in [6.07, 6.45) is 3.59. The van der Waals surface area contributed by atoms with E-state index in [1.807, 2.05) is 78.9 Å². The first-order valence-electron chi connectivity index (χ1n) is 14.7. The molecule has 5 heterocycles. The highest BCUT2D eigenvalue weighted by Crippen LogP contribution is 2.45. The Morgan fingerprint density at radius 1 is 0.489 bits per heavy atom. The molecule has 9 aromatic rings. The van der Waals surface area contributed by atoms with Gasteiger partial charge in [-0.25, -0.2) is 15.0 Å². The number of nitrogens with one attached hydrogen (secondary N) is 1. The molecule has 0 fully saturated rings. The Labute approximate surface area is 257 Å². The number of hydrogen-bond donors (Lipinski definition) is 1. The molecule has 0 saturated heterocycles. The average molecular weight is 578 g/mol. The second kappa shape index (κ2) is 10.1. The summed E-state index contributed by atoms with van der Waals surface area (Å²) < 4.78 is 0. The molecule has 0 aliphatic carbocycles. The van der Waals surface area contributed by atoms with Gasteiger partial charge in [-0.3, -0.25) is 4.98 Å². The van der Waals surface area contributed by atoms with Gasteiger partial charge in [0.25, 0.3) is 0 Å². The van der Waals surface area contributed by atoms with E-state index in [-0.39, 0.29) is 0 Å². The Morgan fingerprint density at radius 2 is 1.24 bits per heavy atom. The molecule has 0 saturated carbocycles. The average Bonchev–Trinajstić information content (AvgIpc) is 3.55. The van der Waals surface area contributed by atoms with Gasteiger partial charge >= 0.3 is 0 Å². The normalized spacial score (nSPS) is 11.6. The summed E-state index contributed by atoms with van der Waals surface area (Å²) >= 11 is 0. The van der Waals surface area contributed by atoms with E-state index in [1.165, 1.54) is 0 Å². The minimum absolute atomic E-state index is 0.742. The minimum Gasteiger partial charge on any atom is -0.338 e. The first-order valence-corrected chi connectivity index (χ1v) is 14.7. The summed E-state index contributed by atoms with van der Waals surface area (Å²) in [5.74, 6) is 0.742. The molecule has 7 nitrogen and oxygen atoms in total. The molecule has 0 aliphatic rings. The van der Waals surface area contributed by atoms with Gasteiger partial charge in [-0.2, -0.15) is 5.10 Å². The van der Waals surface area contributed by atoms with Gasteiger partial charge in [0.1, 0.15) is 11.5 Å². The van der Waals surface area contributed by atoms with Gasteiger partial charge in [-0.15, -0.1) is 5.10 Å². The summed E-state index contributed by atoms with van der Waals surface area (Å²) in [5, 5.41) is 12.3. The van der Waals surface area contributed by atoms with Crippen molar-refractivity contribution in [3.8, 4) is 45.2 Å². The quantitative estimate of drug-likeness (QED) is 0.225. The highest BCUT2D eigenvalue weighted by Gasteiger charge is 2.25. The molecule has 0 spiro atoms. The monoisotopic (exact) mass is 577 g/mol. The number of fused-ring (bicyclic) bond motifs is 4. The molecule has 0 atom stereocenters. The van der Waals surface area contributed by atoms with E-state index in [0.29, 0.717) is 0 Å². The fourth-order valence-electron chi connectivity index (χ4n) is 6.13. The molecule has 0 bridgehead atoms. The van der Waals surface area contributed by atoms with Crippen LogP contribution in [0.4, 0.5) is 0 Å². The van der Waals surface area contributed by atoms with E-state index in [1.54, 1.807) is 12.4 Å². The Kier molecular flexibility index (Phi) is 5.67. The van der Waals surface area contributed by atoms with Gasteiger partial charge in [0.15, 0.2) is 0 Å². The van der Waals surface area contributed by atoms with Gasteiger partial charge in [-0.1, -0.05) is 66.7 Å². The maximum absolute atomic E-state index is 5.16. The van der Waals surface area contributed by atoms with E-state index in [9.17, 15) is 0 Å². The Hall–Kier alpha value is -6.34. The van der Waals surface area contributed by atoms with Crippen LogP contribution in [-0.4, -0.2) is 35.1 Å². The van der Waals surface area contributed by atoms with Crippen LogP contribution in [0.2, 0.25) is 0 Å². The van der Waals surface area contributed by atoms with Crippen molar-refractivity contribution < 1.29 is 0 Å². The smallest absolute Gasteiger partial charge is 0.139 e. The zero-order valence-electron chi connectivity index (χ0n) is 23.9. The van der Waals surface area contributed by atoms with Crippen molar-refractivity contribution in [2.45, 2.75) is 0 Å². The molecule has 0 unspecified atom stereocenters. The van der Waals surface area contributed by atoms with Crippen molar-refractivity contribution in [1.29, 1.82) is 0 Å². The fourth-order valence-corrected chi connectivity index (χ4v) is 6.13. The molecule has 4 aromatic carbocycles. The number of para-hydroxylation sites is 3.